The molecule has 0 saturated carbocycles. The van der Waals surface area contributed by atoms with Gasteiger partial charge in [-0.15, -0.1) is 0 Å². The number of hydrogen-bond donors (Lipinski definition) is 2. The SMILES string of the molecule is CCCCCCC=CCCCCCCCCC=COC[C@H](COP(=O)(O)OCCN)OC(=O)CCCCCCCCCCCCCC. The van der Waals surface area contributed by atoms with E-state index in [4.69, 9.17) is 24.3 Å². The van der Waals surface area contributed by atoms with Gasteiger partial charge in [-0.05, 0) is 51.0 Å². The molecule has 0 aromatic rings. The zero-order chi connectivity index (χ0) is 34.5. The van der Waals surface area contributed by atoms with Crippen molar-refractivity contribution in [3.8, 4) is 0 Å². The van der Waals surface area contributed by atoms with E-state index in [1.165, 1.54) is 128 Å². The molecule has 0 aliphatic rings. The Balaban J connectivity index is 4.13. The molecule has 0 aromatic carbocycles. The Bertz CT molecular complexity index is 777. The van der Waals surface area contributed by atoms with E-state index in [9.17, 15) is 14.3 Å². The number of ether oxygens (including phenoxy) is 2. The quantitative estimate of drug-likeness (QED) is 0.0218. The van der Waals surface area contributed by atoms with Crippen molar-refractivity contribution in [3.63, 3.8) is 0 Å². The zero-order valence-electron chi connectivity index (χ0n) is 30.5. The van der Waals surface area contributed by atoms with Crippen LogP contribution < -0.4 is 5.73 Å². The van der Waals surface area contributed by atoms with Crippen LogP contribution in [0.2, 0.25) is 0 Å². The molecule has 0 bridgehead atoms. The summed E-state index contributed by atoms with van der Waals surface area (Å²) >= 11 is 0. The fraction of sp³-hybridized carbons (Fsp3) is 0.868. The Kier molecular flexibility index (Phi) is 35.2. The van der Waals surface area contributed by atoms with E-state index in [-0.39, 0.29) is 32.3 Å². The molecule has 0 spiro atoms. The van der Waals surface area contributed by atoms with E-state index >= 15 is 0 Å². The Hall–Kier alpha value is -1.18. The lowest BCUT2D eigenvalue weighted by atomic mass is 10.0. The summed E-state index contributed by atoms with van der Waals surface area (Å²) in [6.07, 6.45) is 38.5. The maximum absolute atomic E-state index is 12.5. The molecule has 3 N–H and O–H groups in total. The number of rotatable bonds is 37. The maximum atomic E-state index is 12.5. The number of hydrogen-bond acceptors (Lipinski definition) is 7. The standard InChI is InChI=1S/C38H74NO7P/c1-3-5-7-9-11-13-15-17-18-19-20-22-24-26-28-30-33-43-35-37(36-45-47(41,42)44-34-32-39)46-38(40)31-29-27-25-23-21-16-14-12-10-8-6-4-2/h13,15,30,33,37H,3-12,14,16-29,31-32,34-36,39H2,1-2H3,(H,41,42)/t37-/m1/s1. The van der Waals surface area contributed by atoms with Gasteiger partial charge in [0.2, 0.25) is 0 Å². The highest BCUT2D eigenvalue weighted by Crippen LogP contribution is 2.43. The number of nitrogens with two attached hydrogens (primary N) is 1. The predicted octanol–water partition coefficient (Wildman–Crippen LogP) is 11.3. The van der Waals surface area contributed by atoms with Gasteiger partial charge >= 0.3 is 13.8 Å². The van der Waals surface area contributed by atoms with Crippen LogP contribution in [-0.4, -0.2) is 43.3 Å². The molecule has 1 unspecified atom stereocenters. The highest BCUT2D eigenvalue weighted by Gasteiger charge is 2.25. The van der Waals surface area contributed by atoms with E-state index in [2.05, 4.69) is 26.0 Å². The molecule has 0 fully saturated rings. The molecule has 0 radical (unpaired) electrons. The molecule has 47 heavy (non-hydrogen) atoms. The maximum Gasteiger partial charge on any atom is 0.472 e. The summed E-state index contributed by atoms with van der Waals surface area (Å²) < 4.78 is 33.0. The molecule has 0 saturated heterocycles. The third-order valence-electron chi connectivity index (χ3n) is 8.19. The lowest BCUT2D eigenvalue weighted by Gasteiger charge is -2.19. The highest BCUT2D eigenvalue weighted by molar-refractivity contribution is 7.47. The second kappa shape index (κ2) is 36.1. The second-order valence-electron chi connectivity index (χ2n) is 12.9. The van der Waals surface area contributed by atoms with Gasteiger partial charge < -0.3 is 20.1 Å². The van der Waals surface area contributed by atoms with Gasteiger partial charge in [0.15, 0.2) is 6.10 Å². The van der Waals surface area contributed by atoms with Crippen molar-refractivity contribution < 1.29 is 32.8 Å². The highest BCUT2D eigenvalue weighted by atomic mass is 31.2. The molecule has 0 amide bonds. The first-order chi connectivity index (χ1) is 22.9. The van der Waals surface area contributed by atoms with Crippen LogP contribution in [0, 0.1) is 0 Å². The van der Waals surface area contributed by atoms with Crippen LogP contribution in [0.25, 0.3) is 0 Å². The zero-order valence-corrected chi connectivity index (χ0v) is 31.4. The van der Waals surface area contributed by atoms with E-state index < -0.39 is 13.9 Å². The van der Waals surface area contributed by atoms with Gasteiger partial charge in [0.05, 0.1) is 19.5 Å². The van der Waals surface area contributed by atoms with Crippen molar-refractivity contribution in [1.82, 2.24) is 0 Å². The number of carbonyl (C=O) groups excluding carboxylic acids is 1. The summed E-state index contributed by atoms with van der Waals surface area (Å²) in [4.78, 5) is 22.3. The van der Waals surface area contributed by atoms with Crippen molar-refractivity contribution in [3.05, 3.63) is 24.5 Å². The molecule has 0 aromatic heterocycles. The summed E-state index contributed by atoms with van der Waals surface area (Å²) in [5, 5.41) is 0. The molecule has 0 aliphatic heterocycles. The fourth-order valence-corrected chi connectivity index (χ4v) is 6.07. The average Bonchev–Trinajstić information content (AvgIpc) is 3.06. The van der Waals surface area contributed by atoms with Gasteiger partial charge in [0.1, 0.15) is 6.61 Å². The second-order valence-corrected chi connectivity index (χ2v) is 14.3. The number of allylic oxidation sites excluding steroid dienone is 3. The van der Waals surface area contributed by atoms with Crippen LogP contribution >= 0.6 is 7.82 Å². The molecular formula is C38H74NO7P. The average molecular weight is 688 g/mol. The van der Waals surface area contributed by atoms with Crippen LogP contribution in [0.3, 0.4) is 0 Å². The smallest absolute Gasteiger partial charge is 0.472 e. The molecule has 0 rings (SSSR count). The minimum absolute atomic E-state index is 0.0325. The summed E-state index contributed by atoms with van der Waals surface area (Å²) in [7, 11) is -4.28. The van der Waals surface area contributed by atoms with Crippen molar-refractivity contribution in [2.45, 2.75) is 187 Å². The number of carbonyl (C=O) groups is 1. The first-order valence-electron chi connectivity index (χ1n) is 19.4. The van der Waals surface area contributed by atoms with Crippen LogP contribution in [0.1, 0.15) is 181 Å². The minimum atomic E-state index is -4.28. The van der Waals surface area contributed by atoms with E-state index in [1.807, 2.05) is 6.08 Å². The normalized spacial score (nSPS) is 13.8. The van der Waals surface area contributed by atoms with E-state index in [0.717, 1.165) is 32.1 Å². The summed E-state index contributed by atoms with van der Waals surface area (Å²) in [5.74, 6) is -0.354. The summed E-state index contributed by atoms with van der Waals surface area (Å²) in [5.41, 5.74) is 5.34. The number of unbranched alkanes of at least 4 members (excludes halogenated alkanes) is 22. The van der Waals surface area contributed by atoms with Gasteiger partial charge in [-0.25, -0.2) is 4.57 Å². The molecule has 0 aliphatic carbocycles. The monoisotopic (exact) mass is 688 g/mol. The largest absolute Gasteiger partial charge is 0.498 e. The topological polar surface area (TPSA) is 117 Å². The fourth-order valence-electron chi connectivity index (χ4n) is 5.31. The number of phosphoric ester groups is 1. The van der Waals surface area contributed by atoms with Gasteiger partial charge in [0, 0.05) is 13.0 Å². The van der Waals surface area contributed by atoms with Crippen molar-refractivity contribution >= 4 is 13.8 Å². The first kappa shape index (κ1) is 45.8. The third-order valence-corrected chi connectivity index (χ3v) is 9.17. The van der Waals surface area contributed by atoms with E-state index in [0.29, 0.717) is 6.42 Å². The summed E-state index contributed by atoms with van der Waals surface area (Å²) in [6.45, 7) is 4.22. The van der Waals surface area contributed by atoms with Gasteiger partial charge in [0.25, 0.3) is 0 Å². The number of phosphoric acid groups is 1. The van der Waals surface area contributed by atoms with Gasteiger partial charge in [-0.2, -0.15) is 0 Å². The number of esters is 1. The molecule has 278 valence electrons. The molecule has 2 atom stereocenters. The van der Waals surface area contributed by atoms with Crippen LogP contribution in [0.15, 0.2) is 24.5 Å². The molecule has 9 heteroatoms. The lowest BCUT2D eigenvalue weighted by molar-refractivity contribution is -0.153. The molecular weight excluding hydrogens is 613 g/mol. The predicted molar refractivity (Wildman–Crippen MR) is 196 cm³/mol. The van der Waals surface area contributed by atoms with Crippen molar-refractivity contribution in [1.29, 1.82) is 0 Å². The Morgan fingerprint density at radius 2 is 1.09 bits per heavy atom. The Morgan fingerprint density at radius 1 is 0.638 bits per heavy atom. The Morgan fingerprint density at radius 3 is 1.60 bits per heavy atom. The third kappa shape index (κ3) is 35.9. The van der Waals surface area contributed by atoms with Crippen molar-refractivity contribution in [2.24, 2.45) is 5.73 Å². The van der Waals surface area contributed by atoms with Crippen LogP contribution in [-0.2, 0) is 27.9 Å². The van der Waals surface area contributed by atoms with Crippen LogP contribution in [0.4, 0.5) is 0 Å². The first-order valence-corrected chi connectivity index (χ1v) is 20.9. The molecule has 8 nitrogen and oxygen atoms in total. The lowest BCUT2D eigenvalue weighted by Crippen LogP contribution is -2.27. The minimum Gasteiger partial charge on any atom is -0.498 e. The van der Waals surface area contributed by atoms with E-state index in [1.54, 1.807) is 6.26 Å². The summed E-state index contributed by atoms with van der Waals surface area (Å²) in [6, 6.07) is 0. The van der Waals surface area contributed by atoms with Crippen LogP contribution in [0.5, 0.6) is 0 Å². The van der Waals surface area contributed by atoms with Gasteiger partial charge in [-0.3, -0.25) is 13.8 Å². The molecule has 0 heterocycles. The van der Waals surface area contributed by atoms with Gasteiger partial charge in [-0.1, -0.05) is 142 Å². The Labute approximate surface area is 289 Å². The van der Waals surface area contributed by atoms with Crippen molar-refractivity contribution in [2.75, 3.05) is 26.4 Å².